The molecule has 10 heavy (non-hydrogen) atoms. The van der Waals surface area contributed by atoms with E-state index in [1.54, 1.807) is 0 Å². The minimum absolute atomic E-state index is 0.202. The van der Waals surface area contributed by atoms with Gasteiger partial charge in [0.05, 0.1) is 0 Å². The van der Waals surface area contributed by atoms with Gasteiger partial charge in [-0.1, -0.05) is 0 Å². The molecule has 56 valence electrons. The van der Waals surface area contributed by atoms with E-state index in [1.165, 1.54) is 11.9 Å². The van der Waals surface area contributed by atoms with Crippen LogP contribution in [-0.4, -0.2) is 31.0 Å². The molecule has 0 rings (SSSR count). The summed E-state index contributed by atoms with van der Waals surface area (Å²) in [6.45, 7) is 0.809. The first-order valence-electron chi connectivity index (χ1n) is 2.85. The van der Waals surface area contributed by atoms with Crippen LogP contribution in [0.1, 0.15) is 0 Å². The lowest BCUT2D eigenvalue weighted by Crippen LogP contribution is -2.36. The van der Waals surface area contributed by atoms with Crippen molar-refractivity contribution < 1.29 is 0 Å². The second-order valence-electron chi connectivity index (χ2n) is 1.62. The van der Waals surface area contributed by atoms with Crippen LogP contribution in [-0.2, 0) is 0 Å². The third-order valence-electron chi connectivity index (χ3n) is 0.979. The van der Waals surface area contributed by atoms with E-state index >= 15 is 0 Å². The van der Waals surface area contributed by atoms with Crippen molar-refractivity contribution in [3.8, 4) is 6.19 Å². The van der Waals surface area contributed by atoms with Crippen LogP contribution in [0.3, 0.4) is 0 Å². The molecule has 0 saturated heterocycles. The van der Waals surface area contributed by atoms with Gasteiger partial charge in [-0.3, -0.25) is 4.99 Å². The molecule has 0 fully saturated rings. The predicted octanol–water partition coefficient (Wildman–Crippen LogP) is -1.33. The van der Waals surface area contributed by atoms with Crippen molar-refractivity contribution in [2.45, 2.75) is 0 Å². The number of nitrogens with zero attached hydrogens (tertiary/aromatic N) is 3. The van der Waals surface area contributed by atoms with Crippen LogP contribution in [0.5, 0.6) is 0 Å². The molecule has 0 aromatic carbocycles. The average Bonchev–Trinajstić information content (AvgIpc) is 1.99. The number of hydrogen-bond acceptors (Lipinski definition) is 3. The topological polar surface area (TPSA) is 91.4 Å². The number of nitriles is 1. The average molecular weight is 141 g/mol. The van der Waals surface area contributed by atoms with Gasteiger partial charge in [-0.15, -0.1) is 0 Å². The zero-order valence-electron chi connectivity index (χ0n) is 5.91. The number of aliphatic imine (C=N–C) groups is 1. The maximum absolute atomic E-state index is 8.42. The van der Waals surface area contributed by atoms with Crippen molar-refractivity contribution in [1.29, 1.82) is 5.26 Å². The maximum Gasteiger partial charge on any atom is 0.204 e. The first kappa shape index (κ1) is 8.72. The Balaban J connectivity index is 3.97. The zero-order chi connectivity index (χ0) is 7.98. The van der Waals surface area contributed by atoms with E-state index < -0.39 is 0 Å². The molecule has 0 aromatic heterocycles. The molecule has 0 bridgehead atoms. The molecule has 0 aliphatic heterocycles. The summed E-state index contributed by atoms with van der Waals surface area (Å²) in [6, 6.07) is 0. The third-order valence-corrected chi connectivity index (χ3v) is 0.979. The third kappa shape index (κ3) is 2.33. The maximum atomic E-state index is 8.42. The van der Waals surface area contributed by atoms with Crippen LogP contribution >= 0.6 is 0 Å². The lowest BCUT2D eigenvalue weighted by molar-refractivity contribution is 0.576. The molecule has 0 radical (unpaired) electrons. The summed E-state index contributed by atoms with van der Waals surface area (Å²) in [5.41, 5.74) is 10.5. The molecule has 0 aliphatic rings. The highest BCUT2D eigenvalue weighted by molar-refractivity contribution is 5.79. The standard InChI is InChI=1S/C5H11N5/c1-9-5(8)10(4-7)3-2-6/h2-3,6H2,1H3,(H2,8,9). The molecule has 5 heteroatoms. The summed E-state index contributed by atoms with van der Waals surface area (Å²) in [6.07, 6.45) is 1.85. The van der Waals surface area contributed by atoms with Gasteiger partial charge in [0.25, 0.3) is 0 Å². The van der Waals surface area contributed by atoms with Gasteiger partial charge >= 0.3 is 0 Å². The molecule has 0 saturated carbocycles. The first-order valence-corrected chi connectivity index (χ1v) is 2.85. The van der Waals surface area contributed by atoms with Gasteiger partial charge in [-0.25, -0.2) is 4.90 Å². The van der Waals surface area contributed by atoms with E-state index in [1.807, 2.05) is 6.19 Å². The molecule has 0 aromatic rings. The molecule has 0 atom stereocenters. The van der Waals surface area contributed by atoms with E-state index in [0.717, 1.165) is 0 Å². The van der Waals surface area contributed by atoms with Crippen LogP contribution in [0.4, 0.5) is 0 Å². The molecular weight excluding hydrogens is 130 g/mol. The van der Waals surface area contributed by atoms with Crippen molar-refractivity contribution in [2.24, 2.45) is 16.5 Å². The smallest absolute Gasteiger partial charge is 0.204 e. The number of guanidine groups is 1. The molecule has 0 aliphatic carbocycles. The first-order chi connectivity index (χ1) is 4.76. The summed E-state index contributed by atoms with van der Waals surface area (Å²) in [5.74, 6) is 0.202. The van der Waals surface area contributed by atoms with Gasteiger partial charge < -0.3 is 11.5 Å². The van der Waals surface area contributed by atoms with Crippen molar-refractivity contribution in [3.05, 3.63) is 0 Å². The summed E-state index contributed by atoms with van der Waals surface area (Å²) in [7, 11) is 1.52. The quantitative estimate of drug-likeness (QED) is 0.216. The van der Waals surface area contributed by atoms with Crippen molar-refractivity contribution in [2.75, 3.05) is 20.1 Å². The molecule has 0 heterocycles. The van der Waals surface area contributed by atoms with Gasteiger partial charge in [0, 0.05) is 20.1 Å². The molecule has 0 unspecified atom stereocenters. The normalized spacial score (nSPS) is 10.7. The Morgan fingerprint density at radius 2 is 2.40 bits per heavy atom. The van der Waals surface area contributed by atoms with Crippen LogP contribution < -0.4 is 11.5 Å². The summed E-state index contributed by atoms with van der Waals surface area (Å²) in [5, 5.41) is 8.42. The fraction of sp³-hybridized carbons (Fsp3) is 0.600. The minimum atomic E-state index is 0.202. The van der Waals surface area contributed by atoms with Gasteiger partial charge in [-0.05, 0) is 0 Å². The Labute approximate surface area is 59.9 Å². The lowest BCUT2D eigenvalue weighted by atomic mass is 10.6. The summed E-state index contributed by atoms with van der Waals surface area (Å²) in [4.78, 5) is 4.86. The second-order valence-corrected chi connectivity index (χ2v) is 1.62. The zero-order valence-corrected chi connectivity index (χ0v) is 5.91. The molecule has 4 N–H and O–H groups in total. The Hall–Kier alpha value is -1.28. The van der Waals surface area contributed by atoms with Crippen molar-refractivity contribution in [3.63, 3.8) is 0 Å². The monoisotopic (exact) mass is 141 g/mol. The highest BCUT2D eigenvalue weighted by Gasteiger charge is 2.02. The molecule has 5 nitrogen and oxygen atoms in total. The van der Waals surface area contributed by atoms with E-state index in [-0.39, 0.29) is 5.96 Å². The van der Waals surface area contributed by atoms with Gasteiger partial charge in [0.1, 0.15) is 0 Å². The largest absolute Gasteiger partial charge is 0.369 e. The van der Waals surface area contributed by atoms with Crippen molar-refractivity contribution in [1.82, 2.24) is 4.90 Å². The number of hydrogen-bond donors (Lipinski definition) is 2. The summed E-state index contributed by atoms with van der Waals surface area (Å²) >= 11 is 0. The highest BCUT2D eigenvalue weighted by Crippen LogP contribution is 1.81. The van der Waals surface area contributed by atoms with Gasteiger partial charge in [0.15, 0.2) is 6.19 Å². The Morgan fingerprint density at radius 3 is 2.70 bits per heavy atom. The van der Waals surface area contributed by atoms with Crippen LogP contribution in [0.25, 0.3) is 0 Å². The number of rotatable bonds is 2. The van der Waals surface area contributed by atoms with Gasteiger partial charge in [0.2, 0.25) is 5.96 Å². The molecule has 0 spiro atoms. The molecular formula is C5H11N5. The highest BCUT2D eigenvalue weighted by atomic mass is 15.2. The van der Waals surface area contributed by atoms with Crippen LogP contribution in [0, 0.1) is 11.5 Å². The Morgan fingerprint density at radius 1 is 1.80 bits per heavy atom. The Bertz CT molecular complexity index is 156. The second kappa shape index (κ2) is 4.58. The van der Waals surface area contributed by atoms with Crippen LogP contribution in [0.2, 0.25) is 0 Å². The number of nitrogens with two attached hydrogens (primary N) is 2. The SMILES string of the molecule is C/N=C(\N)N(C#N)CCN. The van der Waals surface area contributed by atoms with E-state index in [0.29, 0.717) is 13.1 Å². The fourth-order valence-electron chi connectivity index (χ4n) is 0.466. The fourth-order valence-corrected chi connectivity index (χ4v) is 0.466. The summed E-state index contributed by atoms with van der Waals surface area (Å²) < 4.78 is 0. The van der Waals surface area contributed by atoms with Crippen molar-refractivity contribution >= 4 is 5.96 Å². The van der Waals surface area contributed by atoms with E-state index in [4.69, 9.17) is 16.7 Å². The van der Waals surface area contributed by atoms with E-state index in [2.05, 4.69) is 4.99 Å². The van der Waals surface area contributed by atoms with E-state index in [9.17, 15) is 0 Å². The lowest BCUT2D eigenvalue weighted by Gasteiger charge is -2.11. The van der Waals surface area contributed by atoms with Gasteiger partial charge in [-0.2, -0.15) is 5.26 Å². The Kier molecular flexibility index (Phi) is 4.00. The predicted molar refractivity (Wildman–Crippen MR) is 38.9 cm³/mol. The van der Waals surface area contributed by atoms with Crippen LogP contribution in [0.15, 0.2) is 4.99 Å². The molecule has 0 amide bonds. The minimum Gasteiger partial charge on any atom is -0.369 e.